The standard InChI is InChI=1S/C54H28N4S/c1-2-11-32-29(10-1)20-21-30-28-31(22-23-33(30)32)50-54(56-52-38-16-6-4-13-35(38)34-12-3-5-15-37(34)51(52)55-50)58-42-19-9-18-41-46(42)47-43(58)25-27-44-48(47)49-45(59-44)26-24-39-36-14-7-8-17-40(36)57(41)53(39)49/h1-28H. The maximum absolute atomic E-state index is 5.85. The fraction of sp³-hybridized carbons (Fsp3) is 0. The minimum absolute atomic E-state index is 0.831. The fourth-order valence-electron chi connectivity index (χ4n) is 10.8. The maximum atomic E-state index is 5.85. The summed E-state index contributed by atoms with van der Waals surface area (Å²) in [5.41, 5.74) is 9.70. The summed E-state index contributed by atoms with van der Waals surface area (Å²) >= 11 is 1.89. The number of para-hydroxylation sites is 1. The van der Waals surface area contributed by atoms with Gasteiger partial charge in [0.15, 0.2) is 5.82 Å². The van der Waals surface area contributed by atoms with Gasteiger partial charge in [-0.15, -0.1) is 11.3 Å². The van der Waals surface area contributed by atoms with Crippen LogP contribution >= 0.6 is 11.3 Å². The zero-order valence-electron chi connectivity index (χ0n) is 31.4. The smallest absolute Gasteiger partial charge is 0.165 e. The molecule has 270 valence electrons. The van der Waals surface area contributed by atoms with Gasteiger partial charge in [-0.1, -0.05) is 127 Å². The van der Waals surface area contributed by atoms with E-state index in [1.54, 1.807) is 0 Å². The molecule has 4 nitrogen and oxygen atoms in total. The lowest BCUT2D eigenvalue weighted by Gasteiger charge is -2.17. The van der Waals surface area contributed by atoms with Crippen molar-refractivity contribution < 1.29 is 0 Å². The van der Waals surface area contributed by atoms with E-state index >= 15 is 0 Å². The highest BCUT2D eigenvalue weighted by molar-refractivity contribution is 7.26. The van der Waals surface area contributed by atoms with Crippen LogP contribution in [0.15, 0.2) is 170 Å². The quantitative estimate of drug-likeness (QED) is 0.164. The highest BCUT2D eigenvalue weighted by atomic mass is 32.1. The molecular weight excluding hydrogens is 737 g/mol. The van der Waals surface area contributed by atoms with Crippen molar-refractivity contribution in [3.63, 3.8) is 0 Å². The zero-order chi connectivity index (χ0) is 38.1. The number of thiophene rings is 1. The van der Waals surface area contributed by atoms with Crippen LogP contribution in [-0.4, -0.2) is 18.9 Å². The average Bonchev–Trinajstić information content (AvgIpc) is 3.93. The molecule has 0 unspecified atom stereocenters. The van der Waals surface area contributed by atoms with E-state index in [2.05, 4.69) is 179 Å². The van der Waals surface area contributed by atoms with Gasteiger partial charge in [0, 0.05) is 58.1 Å². The molecule has 0 aliphatic heterocycles. The number of aromatic nitrogens is 4. The number of benzene rings is 10. The summed E-state index contributed by atoms with van der Waals surface area (Å²) < 4.78 is 7.57. The van der Waals surface area contributed by atoms with Crippen LogP contribution in [0, 0.1) is 0 Å². The zero-order valence-corrected chi connectivity index (χ0v) is 32.2. The molecule has 0 aliphatic rings. The van der Waals surface area contributed by atoms with Crippen LogP contribution in [0.1, 0.15) is 0 Å². The van der Waals surface area contributed by atoms with E-state index in [4.69, 9.17) is 9.97 Å². The topological polar surface area (TPSA) is 35.1 Å². The third-order valence-corrected chi connectivity index (χ3v) is 14.3. The Bertz CT molecular complexity index is 4320. The summed E-state index contributed by atoms with van der Waals surface area (Å²) in [5.74, 6) is 0.831. The lowest BCUT2D eigenvalue weighted by atomic mass is 9.98. The predicted molar refractivity (Wildman–Crippen MR) is 251 cm³/mol. The van der Waals surface area contributed by atoms with Gasteiger partial charge in [-0.05, 0) is 74.8 Å². The van der Waals surface area contributed by atoms with Crippen molar-refractivity contribution >= 4 is 135 Å². The minimum atomic E-state index is 0.831. The Hall–Kier alpha value is -7.60. The molecule has 5 heterocycles. The van der Waals surface area contributed by atoms with Crippen molar-refractivity contribution in [2.45, 2.75) is 0 Å². The molecule has 0 amide bonds. The van der Waals surface area contributed by atoms with Gasteiger partial charge >= 0.3 is 0 Å². The van der Waals surface area contributed by atoms with Crippen LogP contribution in [0.3, 0.4) is 0 Å². The summed E-state index contributed by atoms with van der Waals surface area (Å²) in [6, 6.07) is 62.3. The Balaban J connectivity index is 1.16. The van der Waals surface area contributed by atoms with Gasteiger partial charge in [-0.25, -0.2) is 9.97 Å². The van der Waals surface area contributed by atoms with Gasteiger partial charge < -0.3 is 4.40 Å². The molecule has 5 aromatic heterocycles. The van der Waals surface area contributed by atoms with Crippen molar-refractivity contribution in [1.82, 2.24) is 18.9 Å². The van der Waals surface area contributed by atoms with Crippen LogP contribution in [0.2, 0.25) is 0 Å². The normalized spacial score (nSPS) is 12.7. The van der Waals surface area contributed by atoms with Crippen molar-refractivity contribution in [3.8, 4) is 17.1 Å². The molecule has 0 aliphatic carbocycles. The number of nitrogens with zero attached hydrogens (tertiary/aromatic N) is 4. The van der Waals surface area contributed by atoms with Crippen molar-refractivity contribution in [1.29, 1.82) is 0 Å². The summed E-state index contributed by atoms with van der Waals surface area (Å²) in [6.45, 7) is 0. The first-order valence-corrected chi connectivity index (χ1v) is 21.0. The molecule has 59 heavy (non-hydrogen) atoms. The molecule has 0 radical (unpaired) electrons. The molecule has 15 rings (SSSR count). The average molecular weight is 765 g/mol. The Kier molecular flexibility index (Phi) is 5.52. The number of hydrogen-bond acceptors (Lipinski definition) is 3. The Morgan fingerprint density at radius 1 is 0.373 bits per heavy atom. The second kappa shape index (κ2) is 10.7. The van der Waals surface area contributed by atoms with E-state index in [0.717, 1.165) is 49.9 Å². The van der Waals surface area contributed by atoms with Crippen LogP contribution in [-0.2, 0) is 0 Å². The number of fused-ring (bicyclic) bond motifs is 13. The molecule has 0 atom stereocenters. The van der Waals surface area contributed by atoms with E-state index in [0.29, 0.717) is 0 Å². The Morgan fingerprint density at radius 2 is 0.983 bits per heavy atom. The van der Waals surface area contributed by atoms with Crippen LogP contribution in [0.4, 0.5) is 0 Å². The number of hydrogen-bond donors (Lipinski definition) is 0. The summed E-state index contributed by atoms with van der Waals surface area (Å²) in [5, 5.41) is 17.2. The lowest BCUT2D eigenvalue weighted by Crippen LogP contribution is -2.04. The fourth-order valence-corrected chi connectivity index (χ4v) is 11.9. The maximum Gasteiger partial charge on any atom is 0.165 e. The molecule has 0 bridgehead atoms. The molecular formula is C54H28N4S. The van der Waals surface area contributed by atoms with E-state index in [1.165, 1.54) is 90.6 Å². The highest BCUT2D eigenvalue weighted by Gasteiger charge is 2.27. The van der Waals surface area contributed by atoms with Crippen LogP contribution in [0.25, 0.3) is 140 Å². The minimum Gasteiger partial charge on any atom is -0.308 e. The third kappa shape index (κ3) is 3.71. The molecule has 0 saturated heterocycles. The molecule has 0 saturated carbocycles. The molecule has 15 aromatic rings. The largest absolute Gasteiger partial charge is 0.308 e. The first kappa shape index (κ1) is 30.5. The molecule has 10 aromatic carbocycles. The van der Waals surface area contributed by atoms with Gasteiger partial charge in [0.05, 0.1) is 38.6 Å². The van der Waals surface area contributed by atoms with Crippen molar-refractivity contribution in [3.05, 3.63) is 170 Å². The van der Waals surface area contributed by atoms with E-state index in [-0.39, 0.29) is 0 Å². The first-order chi connectivity index (χ1) is 29.3. The second-order valence-corrected chi connectivity index (χ2v) is 17.1. The van der Waals surface area contributed by atoms with Crippen LogP contribution in [0.5, 0.6) is 0 Å². The van der Waals surface area contributed by atoms with E-state index < -0.39 is 0 Å². The SMILES string of the molecule is c1ccc2c(c1)ccc1cc(-c3nc4c5ccccc5c5ccccc5c4nc3-n3c4ccc5sc6ccc7c8ccccc8n8c9cccc3c9c4c5c6c78)ccc12. The van der Waals surface area contributed by atoms with Gasteiger partial charge in [0.25, 0.3) is 0 Å². The first-order valence-electron chi connectivity index (χ1n) is 20.2. The molecule has 0 N–H and O–H groups in total. The van der Waals surface area contributed by atoms with Crippen molar-refractivity contribution in [2.24, 2.45) is 0 Å². The Morgan fingerprint density at radius 3 is 1.83 bits per heavy atom. The lowest BCUT2D eigenvalue weighted by molar-refractivity contribution is 1.08. The van der Waals surface area contributed by atoms with Gasteiger partial charge in [-0.3, -0.25) is 4.57 Å². The van der Waals surface area contributed by atoms with Crippen molar-refractivity contribution in [2.75, 3.05) is 0 Å². The molecule has 0 fully saturated rings. The number of rotatable bonds is 2. The predicted octanol–water partition coefficient (Wildman–Crippen LogP) is 14.8. The monoisotopic (exact) mass is 764 g/mol. The third-order valence-electron chi connectivity index (χ3n) is 13.2. The van der Waals surface area contributed by atoms with Gasteiger partial charge in [0.2, 0.25) is 0 Å². The van der Waals surface area contributed by atoms with Gasteiger partial charge in [0.1, 0.15) is 5.69 Å². The van der Waals surface area contributed by atoms with Crippen LogP contribution < -0.4 is 0 Å². The summed E-state index contributed by atoms with van der Waals surface area (Å²) in [6.07, 6.45) is 0. The summed E-state index contributed by atoms with van der Waals surface area (Å²) in [7, 11) is 0. The van der Waals surface area contributed by atoms with Gasteiger partial charge in [-0.2, -0.15) is 0 Å². The highest BCUT2D eigenvalue weighted by Crippen LogP contribution is 2.50. The second-order valence-electron chi connectivity index (χ2n) is 16.0. The van der Waals surface area contributed by atoms with E-state index in [9.17, 15) is 0 Å². The summed E-state index contributed by atoms with van der Waals surface area (Å²) in [4.78, 5) is 11.6. The Labute approximate surface area is 339 Å². The van der Waals surface area contributed by atoms with E-state index in [1.807, 2.05) is 11.3 Å². The molecule has 0 spiro atoms. The molecule has 5 heteroatoms.